The Morgan fingerprint density at radius 1 is 1.47 bits per heavy atom. The zero-order chi connectivity index (χ0) is 13.5. The summed E-state index contributed by atoms with van der Waals surface area (Å²) < 4.78 is 5.56. The molecule has 0 aliphatic carbocycles. The van der Waals surface area contributed by atoms with Crippen molar-refractivity contribution >= 4 is 5.90 Å². The Labute approximate surface area is 105 Å². The summed E-state index contributed by atoms with van der Waals surface area (Å²) in [5, 5.41) is 10.8. The van der Waals surface area contributed by atoms with Gasteiger partial charge >= 0.3 is 0 Å². The third-order valence-electron chi connectivity index (χ3n) is 3.48. The van der Waals surface area contributed by atoms with E-state index in [-0.39, 0.29) is 11.0 Å². The van der Waals surface area contributed by atoms with Crippen LogP contribution in [0.15, 0.2) is 17.1 Å². The third kappa shape index (κ3) is 2.54. The summed E-state index contributed by atoms with van der Waals surface area (Å²) in [6.07, 6.45) is 0.595. The SMILES string of the molecule is C=C(C1=NC(C)(C)CO1)C(O)(CC)C(C)(C)C. The van der Waals surface area contributed by atoms with E-state index in [0.717, 1.165) is 0 Å². The molecule has 0 amide bonds. The highest BCUT2D eigenvalue weighted by molar-refractivity contribution is 5.96. The summed E-state index contributed by atoms with van der Waals surface area (Å²) in [5.41, 5.74) is -0.896. The van der Waals surface area contributed by atoms with Gasteiger partial charge in [-0.25, -0.2) is 4.99 Å². The van der Waals surface area contributed by atoms with E-state index in [4.69, 9.17) is 4.74 Å². The molecule has 0 aromatic carbocycles. The van der Waals surface area contributed by atoms with Gasteiger partial charge in [-0.3, -0.25) is 0 Å². The minimum Gasteiger partial charge on any atom is -0.475 e. The smallest absolute Gasteiger partial charge is 0.214 e. The van der Waals surface area contributed by atoms with Gasteiger partial charge in [0.25, 0.3) is 0 Å². The molecule has 3 heteroatoms. The topological polar surface area (TPSA) is 41.8 Å². The number of aliphatic imine (C=N–C) groups is 1. The van der Waals surface area contributed by atoms with Crippen molar-refractivity contribution < 1.29 is 9.84 Å². The molecule has 1 aliphatic heterocycles. The van der Waals surface area contributed by atoms with Crippen LogP contribution < -0.4 is 0 Å². The van der Waals surface area contributed by atoms with Gasteiger partial charge in [-0.2, -0.15) is 0 Å². The fourth-order valence-electron chi connectivity index (χ4n) is 2.11. The maximum atomic E-state index is 10.8. The molecule has 98 valence electrons. The van der Waals surface area contributed by atoms with Gasteiger partial charge in [-0.15, -0.1) is 0 Å². The van der Waals surface area contributed by atoms with Gasteiger partial charge in [0.1, 0.15) is 6.61 Å². The van der Waals surface area contributed by atoms with Crippen molar-refractivity contribution in [3.8, 4) is 0 Å². The molecular formula is C14H25NO2. The van der Waals surface area contributed by atoms with E-state index in [0.29, 0.717) is 24.5 Å². The van der Waals surface area contributed by atoms with Crippen LogP contribution in [0.3, 0.4) is 0 Å². The number of aliphatic hydroxyl groups is 1. The second-order valence-electron chi connectivity index (χ2n) is 6.46. The quantitative estimate of drug-likeness (QED) is 0.822. The zero-order valence-electron chi connectivity index (χ0n) is 11.9. The van der Waals surface area contributed by atoms with Crippen LogP contribution in [-0.2, 0) is 4.74 Å². The first-order chi connectivity index (χ1) is 7.53. The number of nitrogens with zero attached hydrogens (tertiary/aromatic N) is 1. The van der Waals surface area contributed by atoms with Crippen molar-refractivity contribution in [3.63, 3.8) is 0 Å². The maximum absolute atomic E-state index is 10.8. The van der Waals surface area contributed by atoms with E-state index >= 15 is 0 Å². The van der Waals surface area contributed by atoms with Crippen LogP contribution in [0.4, 0.5) is 0 Å². The Kier molecular flexibility index (Phi) is 3.45. The van der Waals surface area contributed by atoms with Gasteiger partial charge in [0.15, 0.2) is 0 Å². The molecule has 17 heavy (non-hydrogen) atoms. The van der Waals surface area contributed by atoms with Crippen LogP contribution in [0.25, 0.3) is 0 Å². The van der Waals surface area contributed by atoms with Crippen LogP contribution in [0.5, 0.6) is 0 Å². The van der Waals surface area contributed by atoms with Gasteiger partial charge < -0.3 is 9.84 Å². The highest BCUT2D eigenvalue weighted by atomic mass is 16.5. The van der Waals surface area contributed by atoms with Gasteiger partial charge in [0, 0.05) is 5.57 Å². The normalized spacial score (nSPS) is 22.6. The van der Waals surface area contributed by atoms with Gasteiger partial charge in [-0.05, 0) is 25.7 Å². The average molecular weight is 239 g/mol. The summed E-state index contributed by atoms with van der Waals surface area (Å²) in [4.78, 5) is 4.48. The first-order valence-electron chi connectivity index (χ1n) is 6.18. The fourth-order valence-corrected chi connectivity index (χ4v) is 2.11. The molecule has 0 bridgehead atoms. The van der Waals surface area contributed by atoms with E-state index in [1.165, 1.54) is 0 Å². The van der Waals surface area contributed by atoms with Gasteiger partial charge in [-0.1, -0.05) is 34.3 Å². The van der Waals surface area contributed by atoms with Crippen LogP contribution >= 0.6 is 0 Å². The van der Waals surface area contributed by atoms with Crippen LogP contribution in [0, 0.1) is 5.41 Å². The molecule has 0 spiro atoms. The monoisotopic (exact) mass is 239 g/mol. The molecule has 0 saturated heterocycles. The fraction of sp³-hybridized carbons (Fsp3) is 0.786. The van der Waals surface area contributed by atoms with Crippen LogP contribution in [0.1, 0.15) is 48.0 Å². The zero-order valence-corrected chi connectivity index (χ0v) is 11.9. The number of rotatable bonds is 3. The van der Waals surface area contributed by atoms with Crippen molar-refractivity contribution in [3.05, 3.63) is 12.2 Å². The van der Waals surface area contributed by atoms with Gasteiger partial charge in [0.05, 0.1) is 11.1 Å². The average Bonchev–Trinajstić information content (AvgIpc) is 2.54. The van der Waals surface area contributed by atoms with E-state index in [1.54, 1.807) is 0 Å². The Morgan fingerprint density at radius 3 is 2.29 bits per heavy atom. The van der Waals surface area contributed by atoms with Crippen molar-refractivity contribution in [2.45, 2.75) is 59.1 Å². The first-order valence-corrected chi connectivity index (χ1v) is 6.18. The Morgan fingerprint density at radius 2 is 2.00 bits per heavy atom. The lowest BCUT2D eigenvalue weighted by Crippen LogP contribution is -2.46. The second-order valence-corrected chi connectivity index (χ2v) is 6.46. The predicted octanol–water partition coefficient (Wildman–Crippen LogP) is 2.94. The molecule has 0 aromatic heterocycles. The lowest BCUT2D eigenvalue weighted by molar-refractivity contribution is -0.0238. The minimum atomic E-state index is -0.980. The van der Waals surface area contributed by atoms with E-state index in [9.17, 15) is 5.11 Å². The number of hydrogen-bond acceptors (Lipinski definition) is 3. The second kappa shape index (κ2) is 4.13. The van der Waals surface area contributed by atoms with Crippen molar-refractivity contribution in [2.75, 3.05) is 6.61 Å². The van der Waals surface area contributed by atoms with Crippen molar-refractivity contribution in [1.82, 2.24) is 0 Å². The maximum Gasteiger partial charge on any atom is 0.214 e. The minimum absolute atomic E-state index is 0.217. The molecular weight excluding hydrogens is 214 g/mol. The van der Waals surface area contributed by atoms with Crippen molar-refractivity contribution in [1.29, 1.82) is 0 Å². The molecule has 3 nitrogen and oxygen atoms in total. The molecule has 1 N–H and O–H groups in total. The highest BCUT2D eigenvalue weighted by Crippen LogP contribution is 2.40. The lowest BCUT2D eigenvalue weighted by atomic mass is 9.70. The molecule has 0 radical (unpaired) electrons. The molecule has 1 heterocycles. The first kappa shape index (κ1) is 14.2. The van der Waals surface area contributed by atoms with Crippen molar-refractivity contribution in [2.24, 2.45) is 10.4 Å². The van der Waals surface area contributed by atoms with E-state index in [2.05, 4.69) is 11.6 Å². The highest BCUT2D eigenvalue weighted by Gasteiger charge is 2.45. The Balaban J connectivity index is 3.05. The molecule has 0 aromatic rings. The Hall–Kier alpha value is -0.830. The summed E-state index contributed by atoms with van der Waals surface area (Å²) in [6, 6.07) is 0. The molecule has 0 fully saturated rings. The van der Waals surface area contributed by atoms with Crippen LogP contribution in [0.2, 0.25) is 0 Å². The summed E-state index contributed by atoms with van der Waals surface area (Å²) in [6.45, 7) is 16.5. The Bertz CT molecular complexity index is 350. The molecule has 1 atom stereocenters. The largest absolute Gasteiger partial charge is 0.475 e. The molecule has 0 saturated carbocycles. The summed E-state index contributed by atoms with van der Waals surface area (Å²) in [7, 11) is 0. The summed E-state index contributed by atoms with van der Waals surface area (Å²) in [5.74, 6) is 0.509. The van der Waals surface area contributed by atoms with E-state index in [1.807, 2.05) is 41.5 Å². The van der Waals surface area contributed by atoms with Crippen LogP contribution in [-0.4, -0.2) is 28.8 Å². The predicted molar refractivity (Wildman–Crippen MR) is 71.3 cm³/mol. The van der Waals surface area contributed by atoms with Gasteiger partial charge in [0.2, 0.25) is 5.90 Å². The van der Waals surface area contributed by atoms with E-state index < -0.39 is 5.60 Å². The number of hydrogen-bond donors (Lipinski definition) is 1. The molecule has 1 unspecified atom stereocenters. The molecule has 1 rings (SSSR count). The number of ether oxygens (including phenoxy) is 1. The lowest BCUT2D eigenvalue weighted by Gasteiger charge is -2.40. The third-order valence-corrected chi connectivity index (χ3v) is 3.48. The summed E-state index contributed by atoms with van der Waals surface area (Å²) >= 11 is 0. The molecule has 1 aliphatic rings. The standard InChI is InChI=1S/C14H25NO2/c1-8-14(16,12(3,4)5)10(2)11-15-13(6,7)9-17-11/h16H,2,8-9H2,1,3-7H3.